The van der Waals surface area contributed by atoms with Crippen LogP contribution in [0.15, 0.2) is 40.9 Å². The number of hydrogen-bond donors (Lipinski definition) is 2. The minimum Gasteiger partial charge on any atom is -0.491 e. The number of hydrogen-bond acceptors (Lipinski definition) is 2. The third-order valence-corrected chi connectivity index (χ3v) is 4.80. The van der Waals surface area contributed by atoms with Crippen LogP contribution < -0.4 is 10.1 Å². The molecule has 0 spiro atoms. The van der Waals surface area contributed by atoms with Crippen LogP contribution in [0.4, 0.5) is 5.69 Å². The molecule has 0 aliphatic carbocycles. The van der Waals surface area contributed by atoms with Crippen LogP contribution in [-0.4, -0.2) is 18.1 Å². The molecule has 21 heavy (non-hydrogen) atoms. The summed E-state index contributed by atoms with van der Waals surface area (Å²) in [5, 5.41) is 4.63. The number of benzene rings is 2. The van der Waals surface area contributed by atoms with Crippen molar-refractivity contribution in [2.75, 3.05) is 18.5 Å². The third kappa shape index (κ3) is 2.32. The van der Waals surface area contributed by atoms with Gasteiger partial charge in [-0.1, -0.05) is 28.1 Å². The first kappa shape index (κ1) is 13.5. The number of halogens is 2. The largest absolute Gasteiger partial charge is 0.491 e. The van der Waals surface area contributed by atoms with Crippen molar-refractivity contribution in [2.45, 2.75) is 0 Å². The van der Waals surface area contributed by atoms with Gasteiger partial charge in [-0.25, -0.2) is 0 Å². The topological polar surface area (TPSA) is 37.0 Å². The first-order valence-electron chi connectivity index (χ1n) is 6.70. The van der Waals surface area contributed by atoms with Crippen molar-refractivity contribution in [1.29, 1.82) is 0 Å². The van der Waals surface area contributed by atoms with E-state index in [0.29, 0.717) is 6.61 Å². The van der Waals surface area contributed by atoms with E-state index in [2.05, 4.69) is 79.2 Å². The number of H-pyrrole nitrogens is 1. The maximum Gasteiger partial charge on any atom is 0.132 e. The number of aromatic nitrogens is 1. The average molecular weight is 455 g/mol. The second-order valence-corrected chi connectivity index (χ2v) is 7.14. The van der Waals surface area contributed by atoms with Crippen molar-refractivity contribution in [3.63, 3.8) is 0 Å². The summed E-state index contributed by atoms with van der Waals surface area (Å²) in [6.07, 6.45) is 0. The summed E-state index contributed by atoms with van der Waals surface area (Å²) < 4.78 is 8.11. The number of anilines is 1. The van der Waals surface area contributed by atoms with Gasteiger partial charge >= 0.3 is 0 Å². The van der Waals surface area contributed by atoms with Gasteiger partial charge in [0.25, 0.3) is 0 Å². The molecule has 0 radical (unpaired) electrons. The molecule has 0 bridgehead atoms. The lowest BCUT2D eigenvalue weighted by atomic mass is 10.1. The lowest BCUT2D eigenvalue weighted by Gasteiger charge is -2.05. The molecule has 0 saturated heterocycles. The van der Waals surface area contributed by atoms with Gasteiger partial charge in [0, 0.05) is 20.2 Å². The lowest BCUT2D eigenvalue weighted by Crippen LogP contribution is -2.08. The van der Waals surface area contributed by atoms with Gasteiger partial charge in [-0.3, -0.25) is 0 Å². The van der Waals surface area contributed by atoms with E-state index in [9.17, 15) is 0 Å². The smallest absolute Gasteiger partial charge is 0.132 e. The molecule has 4 rings (SSSR count). The maximum absolute atomic E-state index is 5.86. The van der Waals surface area contributed by atoms with Gasteiger partial charge < -0.3 is 15.0 Å². The molecule has 3 aromatic rings. The molecule has 1 aliphatic rings. The van der Waals surface area contributed by atoms with Crippen LogP contribution in [0.3, 0.4) is 0 Å². The minimum atomic E-state index is 0.673. The fourth-order valence-electron chi connectivity index (χ4n) is 2.72. The number of rotatable bonds is 1. The predicted octanol–water partition coefficient (Wildman–Crippen LogP) is 5.01. The zero-order valence-corrected chi connectivity index (χ0v) is 14.8. The number of ether oxygens (including phenoxy) is 1. The molecule has 0 saturated carbocycles. The molecular weight excluding hydrogens is 443 g/mol. The average Bonchev–Trinajstić information content (AvgIpc) is 2.68. The molecule has 2 heterocycles. The number of aromatic amines is 1. The highest BCUT2D eigenvalue weighted by molar-refractivity contribution is 14.1. The van der Waals surface area contributed by atoms with Gasteiger partial charge in [0.15, 0.2) is 0 Å². The van der Waals surface area contributed by atoms with Crippen molar-refractivity contribution in [3.05, 3.63) is 44.4 Å². The Morgan fingerprint density at radius 2 is 1.95 bits per heavy atom. The zero-order chi connectivity index (χ0) is 14.4. The van der Waals surface area contributed by atoms with E-state index in [1.54, 1.807) is 0 Å². The molecule has 1 aliphatic heterocycles. The Balaban J connectivity index is 2.01. The van der Waals surface area contributed by atoms with Gasteiger partial charge in [-0.05, 0) is 46.9 Å². The molecule has 5 heteroatoms. The van der Waals surface area contributed by atoms with Gasteiger partial charge in [0.1, 0.15) is 12.4 Å². The molecule has 106 valence electrons. The summed E-state index contributed by atoms with van der Waals surface area (Å²) in [6.45, 7) is 1.48. The molecule has 0 amide bonds. The van der Waals surface area contributed by atoms with E-state index < -0.39 is 0 Å². The second kappa shape index (κ2) is 5.21. The second-order valence-electron chi connectivity index (χ2n) is 4.98. The Hall–Kier alpha value is -1.21. The molecule has 0 atom stereocenters. The van der Waals surface area contributed by atoms with Gasteiger partial charge in [-0.2, -0.15) is 0 Å². The van der Waals surface area contributed by atoms with Gasteiger partial charge in [0.2, 0.25) is 0 Å². The van der Waals surface area contributed by atoms with Crippen molar-refractivity contribution < 1.29 is 4.74 Å². The highest BCUT2D eigenvalue weighted by Gasteiger charge is 2.19. The molecule has 3 nitrogen and oxygen atoms in total. The highest BCUT2D eigenvalue weighted by atomic mass is 127. The van der Waals surface area contributed by atoms with Crippen LogP contribution in [0.1, 0.15) is 0 Å². The minimum absolute atomic E-state index is 0.673. The summed E-state index contributed by atoms with van der Waals surface area (Å²) in [5.41, 5.74) is 4.51. The van der Waals surface area contributed by atoms with E-state index in [4.69, 9.17) is 4.74 Å². The van der Waals surface area contributed by atoms with Gasteiger partial charge in [-0.15, -0.1) is 0 Å². The van der Waals surface area contributed by atoms with Crippen LogP contribution in [-0.2, 0) is 0 Å². The van der Waals surface area contributed by atoms with E-state index in [0.717, 1.165) is 39.1 Å². The zero-order valence-electron chi connectivity index (χ0n) is 11.0. The Bertz CT molecular complexity index is 826. The van der Waals surface area contributed by atoms with E-state index in [-0.39, 0.29) is 0 Å². The lowest BCUT2D eigenvalue weighted by molar-refractivity contribution is 0.339. The SMILES string of the molecule is Brc1cc2c3c(c(-c4ccc(I)cc4)[nH]c3c1)NCCO2. The van der Waals surface area contributed by atoms with Crippen molar-refractivity contribution in [3.8, 4) is 17.0 Å². The third-order valence-electron chi connectivity index (χ3n) is 3.62. The standard InChI is InChI=1S/C16H12BrIN2O/c17-10-7-12-14-13(8-10)21-6-5-19-16(14)15(20-12)9-1-3-11(18)4-2-9/h1-4,7-8,19-20H,5-6H2. The van der Waals surface area contributed by atoms with Gasteiger partial charge in [0.05, 0.1) is 22.3 Å². The quantitative estimate of drug-likeness (QED) is 0.507. The molecular formula is C16H12BrIN2O. The Morgan fingerprint density at radius 3 is 2.76 bits per heavy atom. The predicted molar refractivity (Wildman–Crippen MR) is 98.1 cm³/mol. The molecule has 0 unspecified atom stereocenters. The van der Waals surface area contributed by atoms with Crippen LogP contribution in [0.2, 0.25) is 0 Å². The summed E-state index contributed by atoms with van der Waals surface area (Å²) >= 11 is 5.87. The van der Waals surface area contributed by atoms with Crippen LogP contribution in [0.5, 0.6) is 5.75 Å². The summed E-state index contributed by atoms with van der Waals surface area (Å²) in [5.74, 6) is 0.924. The Morgan fingerprint density at radius 1 is 1.14 bits per heavy atom. The molecule has 2 aromatic carbocycles. The summed E-state index contributed by atoms with van der Waals surface area (Å²) in [6, 6.07) is 12.7. The van der Waals surface area contributed by atoms with Crippen LogP contribution in [0, 0.1) is 3.57 Å². The van der Waals surface area contributed by atoms with E-state index in [1.807, 2.05) is 6.07 Å². The molecule has 0 fully saturated rings. The monoisotopic (exact) mass is 454 g/mol. The fraction of sp³-hybridized carbons (Fsp3) is 0.125. The van der Waals surface area contributed by atoms with Crippen LogP contribution in [0.25, 0.3) is 22.2 Å². The first-order chi connectivity index (χ1) is 10.2. The van der Waals surface area contributed by atoms with Crippen LogP contribution >= 0.6 is 38.5 Å². The normalized spacial score (nSPS) is 13.6. The molecule has 2 N–H and O–H groups in total. The fourth-order valence-corrected chi connectivity index (χ4v) is 3.52. The number of nitrogens with one attached hydrogen (secondary N) is 2. The summed E-state index contributed by atoms with van der Waals surface area (Å²) in [7, 11) is 0. The first-order valence-corrected chi connectivity index (χ1v) is 8.57. The maximum atomic E-state index is 5.86. The summed E-state index contributed by atoms with van der Waals surface area (Å²) in [4.78, 5) is 3.53. The van der Waals surface area contributed by atoms with E-state index >= 15 is 0 Å². The Labute approximate surface area is 144 Å². The van der Waals surface area contributed by atoms with Crippen molar-refractivity contribution in [1.82, 2.24) is 4.98 Å². The van der Waals surface area contributed by atoms with Crippen molar-refractivity contribution >= 4 is 55.1 Å². The van der Waals surface area contributed by atoms with E-state index in [1.165, 1.54) is 9.13 Å². The highest BCUT2D eigenvalue weighted by Crippen LogP contribution is 2.42. The van der Waals surface area contributed by atoms with Crippen molar-refractivity contribution in [2.24, 2.45) is 0 Å². The molecule has 1 aromatic heterocycles. The Kier molecular flexibility index (Phi) is 3.34.